The van der Waals surface area contributed by atoms with E-state index in [4.69, 9.17) is 0 Å². The van der Waals surface area contributed by atoms with Gasteiger partial charge in [-0.3, -0.25) is 14.9 Å². The number of methoxy groups -OCH3 is 1. The molecule has 0 bridgehead atoms. The molecule has 2 aromatic carbocycles. The molecule has 0 atom stereocenters. The van der Waals surface area contributed by atoms with Crippen LogP contribution in [0.1, 0.15) is 26.3 Å². The maximum atomic E-state index is 12.2. The molecule has 0 aliphatic carbocycles. The third kappa shape index (κ3) is 3.70. The van der Waals surface area contributed by atoms with Crippen LogP contribution in [-0.2, 0) is 4.74 Å². The molecule has 1 amide bonds. The smallest absolute Gasteiger partial charge is 0.337 e. The number of esters is 1. The lowest BCUT2D eigenvalue weighted by atomic mass is 10.1. The van der Waals surface area contributed by atoms with Crippen molar-refractivity contribution < 1.29 is 19.2 Å². The van der Waals surface area contributed by atoms with Crippen LogP contribution in [-0.4, -0.2) is 23.9 Å². The minimum absolute atomic E-state index is 0.157. The maximum absolute atomic E-state index is 12.2. The number of carbonyl (C=O) groups excluding carboxylic acids is 2. The molecule has 7 nitrogen and oxygen atoms in total. The Kier molecular flexibility index (Phi) is 4.70. The molecule has 0 saturated heterocycles. The van der Waals surface area contributed by atoms with Crippen LogP contribution in [0.5, 0.6) is 0 Å². The monoisotopic (exact) mass is 314 g/mol. The lowest BCUT2D eigenvalue weighted by Gasteiger charge is -2.09. The van der Waals surface area contributed by atoms with Gasteiger partial charge in [-0.25, -0.2) is 4.79 Å². The van der Waals surface area contributed by atoms with E-state index in [1.807, 2.05) is 0 Å². The second-order valence-corrected chi connectivity index (χ2v) is 4.78. The number of rotatable bonds is 4. The van der Waals surface area contributed by atoms with Crippen molar-refractivity contribution in [2.24, 2.45) is 0 Å². The largest absolute Gasteiger partial charge is 0.465 e. The topological polar surface area (TPSA) is 98.5 Å². The van der Waals surface area contributed by atoms with Crippen molar-refractivity contribution in [1.82, 2.24) is 0 Å². The summed E-state index contributed by atoms with van der Waals surface area (Å²) >= 11 is 0. The van der Waals surface area contributed by atoms with E-state index in [2.05, 4.69) is 10.1 Å². The summed E-state index contributed by atoms with van der Waals surface area (Å²) in [5.74, 6) is -0.938. The van der Waals surface area contributed by atoms with Gasteiger partial charge >= 0.3 is 5.97 Å². The Bertz CT molecular complexity index is 786. The molecular weight excluding hydrogens is 300 g/mol. The van der Waals surface area contributed by atoms with Crippen molar-refractivity contribution in [3.63, 3.8) is 0 Å². The molecule has 0 saturated carbocycles. The molecule has 0 heterocycles. The Morgan fingerprint density at radius 1 is 1.13 bits per heavy atom. The van der Waals surface area contributed by atoms with E-state index in [1.165, 1.54) is 37.4 Å². The lowest BCUT2D eigenvalue weighted by Crippen LogP contribution is -2.13. The van der Waals surface area contributed by atoms with Crippen molar-refractivity contribution >= 4 is 23.3 Å². The number of non-ortho nitro benzene ring substituents is 1. The van der Waals surface area contributed by atoms with Crippen LogP contribution in [0, 0.1) is 17.0 Å². The summed E-state index contributed by atoms with van der Waals surface area (Å²) in [4.78, 5) is 33.8. The van der Waals surface area contributed by atoms with E-state index >= 15 is 0 Å². The van der Waals surface area contributed by atoms with Gasteiger partial charge in [0, 0.05) is 23.4 Å². The molecule has 23 heavy (non-hydrogen) atoms. The summed E-state index contributed by atoms with van der Waals surface area (Å²) in [5, 5.41) is 13.4. The third-order valence-electron chi connectivity index (χ3n) is 3.21. The third-order valence-corrected chi connectivity index (χ3v) is 3.21. The zero-order chi connectivity index (χ0) is 17.0. The van der Waals surface area contributed by atoms with Crippen LogP contribution in [0.3, 0.4) is 0 Å². The molecule has 0 aliphatic heterocycles. The predicted molar refractivity (Wildman–Crippen MR) is 83.6 cm³/mol. The number of hydrogen-bond donors (Lipinski definition) is 1. The van der Waals surface area contributed by atoms with Crippen molar-refractivity contribution in [3.05, 3.63) is 69.3 Å². The van der Waals surface area contributed by atoms with Crippen molar-refractivity contribution in [3.8, 4) is 0 Å². The van der Waals surface area contributed by atoms with Crippen LogP contribution in [0.2, 0.25) is 0 Å². The molecule has 0 unspecified atom stereocenters. The number of carbonyl (C=O) groups is 2. The molecule has 2 aromatic rings. The van der Waals surface area contributed by atoms with Crippen molar-refractivity contribution in [2.75, 3.05) is 12.4 Å². The van der Waals surface area contributed by atoms with E-state index in [1.54, 1.807) is 19.1 Å². The van der Waals surface area contributed by atoms with Gasteiger partial charge in [-0.15, -0.1) is 0 Å². The highest BCUT2D eigenvalue weighted by atomic mass is 16.6. The quantitative estimate of drug-likeness (QED) is 0.531. The molecular formula is C16H14N2O5. The molecule has 2 rings (SSSR count). The standard InChI is InChI=1S/C16H14N2O5/c1-10-8-12(16(20)23-2)6-7-14(10)17-15(19)11-4-3-5-13(9-11)18(21)22/h3-9H,1-2H3,(H,17,19). The number of hydrogen-bond acceptors (Lipinski definition) is 5. The van der Waals surface area contributed by atoms with Gasteiger partial charge < -0.3 is 10.1 Å². The summed E-state index contributed by atoms with van der Waals surface area (Å²) in [6, 6.07) is 10.1. The Labute approximate surface area is 132 Å². The maximum Gasteiger partial charge on any atom is 0.337 e. The number of amides is 1. The number of nitro benzene ring substituents is 1. The predicted octanol–water partition coefficient (Wildman–Crippen LogP) is 2.94. The zero-order valence-electron chi connectivity index (χ0n) is 12.5. The first-order valence-corrected chi connectivity index (χ1v) is 6.67. The van der Waals surface area contributed by atoms with Crippen LogP contribution in [0.25, 0.3) is 0 Å². The molecule has 1 N–H and O–H groups in total. The van der Waals surface area contributed by atoms with Crippen LogP contribution in [0.4, 0.5) is 11.4 Å². The SMILES string of the molecule is COC(=O)c1ccc(NC(=O)c2cccc([N+](=O)[O-])c2)c(C)c1. The summed E-state index contributed by atoms with van der Waals surface area (Å²) < 4.78 is 4.63. The average Bonchev–Trinajstić information content (AvgIpc) is 2.55. The first kappa shape index (κ1) is 16.2. The number of anilines is 1. The summed E-state index contributed by atoms with van der Waals surface area (Å²) in [6.45, 7) is 1.73. The molecule has 0 aromatic heterocycles. The number of ether oxygens (including phenoxy) is 1. The first-order valence-electron chi connectivity index (χ1n) is 6.67. The Balaban J connectivity index is 2.22. The van der Waals surface area contributed by atoms with Crippen LogP contribution >= 0.6 is 0 Å². The fourth-order valence-electron chi connectivity index (χ4n) is 2.00. The van der Waals surface area contributed by atoms with Gasteiger partial charge in [0.2, 0.25) is 0 Å². The molecule has 118 valence electrons. The number of nitrogens with one attached hydrogen (secondary N) is 1. The summed E-state index contributed by atoms with van der Waals surface area (Å²) in [6.07, 6.45) is 0. The fraction of sp³-hybridized carbons (Fsp3) is 0.125. The molecule has 0 radical (unpaired) electrons. The van der Waals surface area contributed by atoms with Gasteiger partial charge in [-0.05, 0) is 36.8 Å². The van der Waals surface area contributed by atoms with Crippen LogP contribution in [0.15, 0.2) is 42.5 Å². The van der Waals surface area contributed by atoms with Gasteiger partial charge in [0.15, 0.2) is 0 Å². The molecule has 0 aliphatic rings. The number of benzene rings is 2. The van der Waals surface area contributed by atoms with E-state index in [9.17, 15) is 19.7 Å². The van der Waals surface area contributed by atoms with E-state index in [0.717, 1.165) is 0 Å². The van der Waals surface area contributed by atoms with Gasteiger partial charge in [0.25, 0.3) is 11.6 Å². The molecule has 7 heteroatoms. The Hall–Kier alpha value is -3.22. The van der Waals surface area contributed by atoms with E-state index in [-0.39, 0.29) is 11.3 Å². The van der Waals surface area contributed by atoms with Crippen molar-refractivity contribution in [1.29, 1.82) is 0 Å². The number of aryl methyl sites for hydroxylation is 1. The van der Waals surface area contributed by atoms with Gasteiger partial charge in [-0.2, -0.15) is 0 Å². The summed E-state index contributed by atoms with van der Waals surface area (Å²) in [5.41, 5.74) is 1.57. The van der Waals surface area contributed by atoms with Crippen molar-refractivity contribution in [2.45, 2.75) is 6.92 Å². The minimum Gasteiger partial charge on any atom is -0.465 e. The van der Waals surface area contributed by atoms with Gasteiger partial charge in [0.05, 0.1) is 17.6 Å². The Morgan fingerprint density at radius 3 is 2.48 bits per heavy atom. The van der Waals surface area contributed by atoms with Crippen LogP contribution < -0.4 is 5.32 Å². The highest BCUT2D eigenvalue weighted by Gasteiger charge is 2.13. The second-order valence-electron chi connectivity index (χ2n) is 4.78. The lowest BCUT2D eigenvalue weighted by molar-refractivity contribution is -0.384. The molecule has 0 spiro atoms. The normalized spacial score (nSPS) is 10.0. The summed E-state index contributed by atoms with van der Waals surface area (Å²) in [7, 11) is 1.29. The second kappa shape index (κ2) is 6.69. The fourth-order valence-corrected chi connectivity index (χ4v) is 2.00. The minimum atomic E-state index is -0.562. The van der Waals surface area contributed by atoms with Gasteiger partial charge in [-0.1, -0.05) is 6.07 Å². The number of nitro groups is 1. The zero-order valence-corrected chi connectivity index (χ0v) is 12.5. The Morgan fingerprint density at radius 2 is 1.87 bits per heavy atom. The van der Waals surface area contributed by atoms with E-state index in [0.29, 0.717) is 16.8 Å². The van der Waals surface area contributed by atoms with Gasteiger partial charge in [0.1, 0.15) is 0 Å². The number of nitrogens with zero attached hydrogens (tertiary/aromatic N) is 1. The average molecular weight is 314 g/mol. The highest BCUT2D eigenvalue weighted by molar-refractivity contribution is 6.05. The first-order chi connectivity index (χ1) is 10.9. The molecule has 0 fully saturated rings. The highest BCUT2D eigenvalue weighted by Crippen LogP contribution is 2.19. The van der Waals surface area contributed by atoms with E-state index < -0.39 is 16.8 Å².